The lowest BCUT2D eigenvalue weighted by Gasteiger charge is -2.53. The Balaban J connectivity index is 1.58. The predicted molar refractivity (Wildman–Crippen MR) is 165 cm³/mol. The molecule has 0 radical (unpaired) electrons. The molecule has 8 nitrogen and oxygen atoms in total. The van der Waals surface area contributed by atoms with Crippen molar-refractivity contribution in [2.24, 2.45) is 5.41 Å². The minimum Gasteiger partial charge on any atom is -0.404 e. The van der Waals surface area contributed by atoms with Gasteiger partial charge in [0.2, 0.25) is 0 Å². The fourth-order valence-electron chi connectivity index (χ4n) is 6.73. The van der Waals surface area contributed by atoms with Gasteiger partial charge < -0.3 is 19.2 Å². The number of nitro benzene ring substituents is 1. The third-order valence-electron chi connectivity index (χ3n) is 8.80. The van der Waals surface area contributed by atoms with Crippen LogP contribution in [0.1, 0.15) is 52.5 Å². The molecular weight excluding hydrogens is 546 g/mol. The van der Waals surface area contributed by atoms with E-state index in [1.165, 1.54) is 28.6 Å². The van der Waals surface area contributed by atoms with Gasteiger partial charge in [-0.15, -0.1) is 0 Å². The average Bonchev–Trinajstić information content (AvgIpc) is 3.43. The van der Waals surface area contributed by atoms with Crippen molar-refractivity contribution in [1.29, 1.82) is 5.26 Å². The summed E-state index contributed by atoms with van der Waals surface area (Å²) in [5.41, 5.74) is 0.231. The fraction of sp³-hybridized carbons (Fsp3) is 0.424. The van der Waals surface area contributed by atoms with Crippen LogP contribution in [0, 0.1) is 26.9 Å². The summed E-state index contributed by atoms with van der Waals surface area (Å²) in [6, 6.07) is 27.6. The van der Waals surface area contributed by atoms with E-state index in [1.54, 1.807) is 0 Å². The van der Waals surface area contributed by atoms with Gasteiger partial charge in [0.25, 0.3) is 14.0 Å². The second kappa shape index (κ2) is 11.6. The molecule has 1 N–H and O–H groups in total. The maximum Gasteiger partial charge on any atom is 0.271 e. The van der Waals surface area contributed by atoms with Gasteiger partial charge in [-0.3, -0.25) is 10.1 Å². The van der Waals surface area contributed by atoms with Crippen LogP contribution in [0.25, 0.3) is 0 Å². The first-order chi connectivity index (χ1) is 20.0. The molecule has 0 unspecified atom stereocenters. The SMILES string of the molecule is CC(C)(C)[Si](O[C@@H]1CCC2(C[C@@]1(C)CNc1cc([N+](=O)[O-])ccc1C#N)OCCO2)(c1ccccc1)c1ccccc1. The van der Waals surface area contributed by atoms with E-state index >= 15 is 0 Å². The molecule has 5 rings (SSSR count). The van der Waals surface area contributed by atoms with E-state index in [2.05, 4.69) is 87.6 Å². The van der Waals surface area contributed by atoms with Gasteiger partial charge in [-0.2, -0.15) is 5.26 Å². The second-order valence-electron chi connectivity index (χ2n) is 12.7. The van der Waals surface area contributed by atoms with Crippen LogP contribution in [0.5, 0.6) is 0 Å². The summed E-state index contributed by atoms with van der Waals surface area (Å²) in [5, 5.41) is 26.9. The van der Waals surface area contributed by atoms with Gasteiger partial charge in [-0.05, 0) is 27.9 Å². The van der Waals surface area contributed by atoms with E-state index < -0.39 is 24.4 Å². The summed E-state index contributed by atoms with van der Waals surface area (Å²) in [5.74, 6) is -0.692. The molecule has 2 atom stereocenters. The first-order valence-corrected chi connectivity index (χ1v) is 16.4. The fourth-order valence-corrected chi connectivity index (χ4v) is 11.6. The van der Waals surface area contributed by atoms with Crippen molar-refractivity contribution in [3.05, 3.63) is 94.5 Å². The minimum atomic E-state index is -2.88. The molecule has 1 saturated carbocycles. The van der Waals surface area contributed by atoms with Crippen molar-refractivity contribution in [2.45, 2.75) is 63.9 Å². The zero-order chi connectivity index (χ0) is 30.0. The highest BCUT2D eigenvalue weighted by Gasteiger charge is 2.57. The molecule has 2 aliphatic rings. The Kier molecular flexibility index (Phi) is 8.27. The van der Waals surface area contributed by atoms with Crippen LogP contribution in [0.4, 0.5) is 11.4 Å². The van der Waals surface area contributed by atoms with Crippen molar-refractivity contribution >= 4 is 30.1 Å². The Labute approximate surface area is 248 Å². The first kappa shape index (κ1) is 29.9. The van der Waals surface area contributed by atoms with Gasteiger partial charge >= 0.3 is 0 Å². The van der Waals surface area contributed by atoms with Crippen LogP contribution < -0.4 is 15.7 Å². The Morgan fingerprint density at radius 2 is 1.64 bits per heavy atom. The number of nitrogens with one attached hydrogen (secondary N) is 1. The third-order valence-corrected chi connectivity index (χ3v) is 13.8. The number of nitrogens with zero attached hydrogens (tertiary/aromatic N) is 2. The van der Waals surface area contributed by atoms with Crippen LogP contribution in [-0.4, -0.2) is 44.9 Å². The molecule has 42 heavy (non-hydrogen) atoms. The van der Waals surface area contributed by atoms with Crippen LogP contribution in [0.2, 0.25) is 5.04 Å². The van der Waals surface area contributed by atoms with Gasteiger partial charge in [0, 0.05) is 36.9 Å². The maximum atomic E-state index is 11.5. The number of hydrogen-bond acceptors (Lipinski definition) is 7. The van der Waals surface area contributed by atoms with E-state index in [4.69, 9.17) is 13.9 Å². The Bertz CT molecular complexity index is 1410. The third kappa shape index (κ3) is 5.60. The number of ether oxygens (including phenoxy) is 2. The highest BCUT2D eigenvalue weighted by Crippen LogP contribution is 2.50. The highest BCUT2D eigenvalue weighted by atomic mass is 28.4. The molecule has 1 aliphatic heterocycles. The molecule has 3 aromatic rings. The molecule has 0 aromatic heterocycles. The number of non-ortho nitro benzene ring substituents is 1. The summed E-state index contributed by atoms with van der Waals surface area (Å²) in [7, 11) is -2.88. The normalized spacial score (nSPS) is 22.0. The molecule has 3 aromatic carbocycles. The summed E-state index contributed by atoms with van der Waals surface area (Å²) in [4.78, 5) is 11.1. The number of benzene rings is 3. The lowest BCUT2D eigenvalue weighted by atomic mass is 9.70. The highest BCUT2D eigenvalue weighted by molar-refractivity contribution is 6.99. The topological polar surface area (TPSA) is 107 Å². The number of nitriles is 1. The first-order valence-electron chi connectivity index (χ1n) is 14.5. The van der Waals surface area contributed by atoms with E-state index in [-0.39, 0.29) is 16.8 Å². The summed E-state index contributed by atoms with van der Waals surface area (Å²) >= 11 is 0. The molecule has 9 heteroatoms. The van der Waals surface area contributed by atoms with Crippen LogP contribution >= 0.6 is 0 Å². The second-order valence-corrected chi connectivity index (χ2v) is 17.0. The van der Waals surface area contributed by atoms with Crippen molar-refractivity contribution < 1.29 is 18.8 Å². The van der Waals surface area contributed by atoms with Gasteiger partial charge in [0.05, 0.1) is 35.5 Å². The lowest BCUT2D eigenvalue weighted by Crippen LogP contribution is -2.69. The van der Waals surface area contributed by atoms with Crippen molar-refractivity contribution in [3.63, 3.8) is 0 Å². The number of hydrogen-bond donors (Lipinski definition) is 1. The van der Waals surface area contributed by atoms with Crippen molar-refractivity contribution in [2.75, 3.05) is 25.1 Å². The number of rotatable bonds is 8. The molecule has 220 valence electrons. The van der Waals surface area contributed by atoms with E-state index in [0.29, 0.717) is 43.9 Å². The van der Waals surface area contributed by atoms with E-state index in [1.807, 2.05) is 12.1 Å². The summed E-state index contributed by atoms with van der Waals surface area (Å²) < 4.78 is 20.1. The molecule has 1 heterocycles. The Morgan fingerprint density at radius 3 is 2.17 bits per heavy atom. The molecular formula is C33H39N3O5Si. The zero-order valence-corrected chi connectivity index (χ0v) is 25.8. The van der Waals surface area contributed by atoms with E-state index in [0.717, 1.165) is 6.42 Å². The monoisotopic (exact) mass is 585 g/mol. The van der Waals surface area contributed by atoms with Gasteiger partial charge in [0.1, 0.15) is 6.07 Å². The lowest BCUT2D eigenvalue weighted by molar-refractivity contribution is -0.384. The number of anilines is 1. The largest absolute Gasteiger partial charge is 0.404 e. The van der Waals surface area contributed by atoms with Gasteiger partial charge in [-0.1, -0.05) is 88.4 Å². The smallest absolute Gasteiger partial charge is 0.271 e. The van der Waals surface area contributed by atoms with Crippen LogP contribution in [0.15, 0.2) is 78.9 Å². The molecule has 0 bridgehead atoms. The van der Waals surface area contributed by atoms with Crippen molar-refractivity contribution in [3.8, 4) is 6.07 Å². The molecule has 1 aliphatic carbocycles. The zero-order valence-electron chi connectivity index (χ0n) is 24.8. The molecule has 1 saturated heterocycles. The maximum absolute atomic E-state index is 11.5. The van der Waals surface area contributed by atoms with Crippen LogP contribution in [0.3, 0.4) is 0 Å². The molecule has 1 spiro atoms. The standard InChI is InChI=1S/C33H39N3O5Si/c1-31(2,3)42(27-11-7-5-8-12-27,28-13-9-6-10-14-28)41-30-17-18-33(39-19-20-40-33)23-32(30,4)24-35-29-21-26(36(37)38)16-15-25(29)22-34/h5-16,21,30,35H,17-20,23-24H2,1-4H3/t30-,32+/m1/s1. The molecule has 2 fully saturated rings. The minimum absolute atomic E-state index is 0.0654. The Morgan fingerprint density at radius 1 is 1.05 bits per heavy atom. The van der Waals surface area contributed by atoms with Gasteiger partial charge in [-0.25, -0.2) is 0 Å². The van der Waals surface area contributed by atoms with Crippen LogP contribution in [-0.2, 0) is 13.9 Å². The predicted octanol–water partition coefficient (Wildman–Crippen LogP) is 5.76. The Hall–Kier alpha value is -3.55. The summed E-state index contributed by atoms with van der Waals surface area (Å²) in [6.45, 7) is 10.5. The quantitative estimate of drug-likeness (QED) is 0.204. The molecule has 0 amide bonds. The average molecular weight is 586 g/mol. The van der Waals surface area contributed by atoms with Crippen molar-refractivity contribution in [1.82, 2.24) is 0 Å². The number of nitro groups is 1. The van der Waals surface area contributed by atoms with E-state index in [9.17, 15) is 15.4 Å². The summed E-state index contributed by atoms with van der Waals surface area (Å²) in [6.07, 6.45) is 1.85. The van der Waals surface area contributed by atoms with Gasteiger partial charge in [0.15, 0.2) is 5.79 Å².